The van der Waals surface area contributed by atoms with E-state index in [-0.39, 0.29) is 24.1 Å². The molecule has 0 radical (unpaired) electrons. The highest BCUT2D eigenvalue weighted by atomic mass is 16.6. The van der Waals surface area contributed by atoms with Gasteiger partial charge in [-0.15, -0.1) is 0 Å². The minimum absolute atomic E-state index is 0.0179. The van der Waals surface area contributed by atoms with Crippen LogP contribution in [0.2, 0.25) is 0 Å². The largest absolute Gasteiger partial charge is 0.550 e. The van der Waals surface area contributed by atoms with Gasteiger partial charge in [-0.25, -0.2) is 0 Å². The van der Waals surface area contributed by atoms with E-state index in [2.05, 4.69) is 6.58 Å². The van der Waals surface area contributed by atoms with Gasteiger partial charge in [0.05, 0.1) is 11.7 Å². The smallest absolute Gasteiger partial charge is 0.315 e. The van der Waals surface area contributed by atoms with Crippen LogP contribution < -0.4 is 5.11 Å². The van der Waals surface area contributed by atoms with Crippen LogP contribution in [0, 0.1) is 28.6 Å². The average molecular weight is 345 g/mol. The lowest BCUT2D eigenvalue weighted by Gasteiger charge is -2.45. The van der Waals surface area contributed by atoms with Crippen molar-refractivity contribution in [2.45, 2.75) is 62.4 Å². The number of hydrogen-bond acceptors (Lipinski definition) is 6. The molecule has 2 heterocycles. The Kier molecular flexibility index (Phi) is 2.16. The molecule has 6 heteroatoms. The summed E-state index contributed by atoms with van der Waals surface area (Å²) < 4.78 is 11.8. The third-order valence-corrected chi connectivity index (χ3v) is 8.75. The summed E-state index contributed by atoms with van der Waals surface area (Å²) in [7, 11) is 0. The molecule has 2 unspecified atom stereocenters. The zero-order chi connectivity index (χ0) is 17.6. The van der Waals surface area contributed by atoms with Crippen molar-refractivity contribution < 1.29 is 29.3 Å². The van der Waals surface area contributed by atoms with E-state index in [4.69, 9.17) is 9.47 Å². The van der Waals surface area contributed by atoms with Gasteiger partial charge in [-0.3, -0.25) is 4.79 Å². The molecule has 6 fully saturated rings. The molecule has 2 saturated heterocycles. The topological polar surface area (TPSA) is 99.2 Å². The van der Waals surface area contributed by atoms with E-state index in [0.29, 0.717) is 32.1 Å². The second-order valence-corrected chi connectivity index (χ2v) is 9.51. The first-order valence-corrected chi connectivity index (χ1v) is 9.19. The highest BCUT2D eigenvalue weighted by Crippen LogP contribution is 2.80. The maximum Gasteiger partial charge on any atom is 0.315 e. The summed E-state index contributed by atoms with van der Waals surface area (Å²) in [6.45, 7) is 5.87. The van der Waals surface area contributed by atoms with Gasteiger partial charge in [0.1, 0.15) is 17.1 Å². The molecule has 2 aliphatic heterocycles. The number of epoxide rings is 1. The van der Waals surface area contributed by atoms with Gasteiger partial charge in [-0.2, -0.15) is 0 Å². The number of esters is 1. The van der Waals surface area contributed by atoms with Gasteiger partial charge in [0.15, 0.2) is 0 Å². The molecule has 1 spiro atoms. The van der Waals surface area contributed by atoms with Gasteiger partial charge >= 0.3 is 5.97 Å². The van der Waals surface area contributed by atoms with Crippen LogP contribution in [0.15, 0.2) is 12.2 Å². The molecule has 0 aromatic heterocycles. The first kappa shape index (κ1) is 14.7. The van der Waals surface area contributed by atoms with Crippen LogP contribution in [0.1, 0.15) is 39.0 Å². The maximum atomic E-state index is 12.8. The lowest BCUT2D eigenvalue weighted by atomic mass is 9.60. The summed E-state index contributed by atoms with van der Waals surface area (Å²) in [5, 5.41) is 23.3. The Morgan fingerprint density at radius 1 is 1.44 bits per heavy atom. The molecule has 1 N–H and O–H groups in total. The van der Waals surface area contributed by atoms with E-state index in [1.807, 2.05) is 6.92 Å². The number of ether oxygens (including phenoxy) is 2. The lowest BCUT2D eigenvalue weighted by molar-refractivity contribution is -0.318. The van der Waals surface area contributed by atoms with Gasteiger partial charge in [0, 0.05) is 30.1 Å². The fourth-order valence-corrected chi connectivity index (χ4v) is 7.99. The number of fused-ring (bicyclic) bond motifs is 3. The van der Waals surface area contributed by atoms with E-state index in [0.717, 1.165) is 5.57 Å². The third kappa shape index (κ3) is 1.25. The van der Waals surface area contributed by atoms with Gasteiger partial charge in [-0.1, -0.05) is 6.58 Å². The summed E-state index contributed by atoms with van der Waals surface area (Å²) in [6, 6.07) is 0. The first-order valence-electron chi connectivity index (χ1n) is 9.19. The number of carbonyl (C=O) groups is 2. The highest BCUT2D eigenvalue weighted by Gasteiger charge is 2.87. The summed E-state index contributed by atoms with van der Waals surface area (Å²) in [5.74, 6) is -2.78. The molecule has 134 valence electrons. The monoisotopic (exact) mass is 345 g/mol. The second-order valence-electron chi connectivity index (χ2n) is 9.51. The Hall–Kier alpha value is -1.40. The number of aliphatic carboxylic acids is 1. The Morgan fingerprint density at radius 2 is 2.20 bits per heavy atom. The van der Waals surface area contributed by atoms with Crippen LogP contribution in [0.4, 0.5) is 0 Å². The van der Waals surface area contributed by atoms with Crippen molar-refractivity contribution in [2.24, 2.45) is 28.6 Å². The lowest BCUT2D eigenvalue weighted by Crippen LogP contribution is -2.52. The molecule has 6 nitrogen and oxygen atoms in total. The maximum absolute atomic E-state index is 12.8. The number of carbonyl (C=O) groups excluding carboxylic acids is 2. The minimum Gasteiger partial charge on any atom is -0.550 e. The molecule has 6 aliphatic rings. The van der Waals surface area contributed by atoms with Gasteiger partial charge in [-0.05, 0) is 43.6 Å². The van der Waals surface area contributed by atoms with E-state index >= 15 is 0 Å². The number of hydrogen-bond donors (Lipinski definition) is 1. The number of aliphatic hydroxyl groups is 1. The minimum atomic E-state index is -1.13. The summed E-state index contributed by atoms with van der Waals surface area (Å²) in [5.41, 5.74) is -2.60. The van der Waals surface area contributed by atoms with Crippen molar-refractivity contribution >= 4 is 11.9 Å². The molecule has 0 amide bonds. The van der Waals surface area contributed by atoms with E-state index in [1.54, 1.807) is 0 Å². The average Bonchev–Trinajstić information content (AvgIpc) is 3.16. The Bertz CT molecular complexity index is 776. The molecular formula is C19H21O6-. The van der Waals surface area contributed by atoms with Crippen LogP contribution >= 0.6 is 0 Å². The van der Waals surface area contributed by atoms with E-state index < -0.39 is 39.8 Å². The number of rotatable bonds is 1. The quantitative estimate of drug-likeness (QED) is 0.406. The molecular weight excluding hydrogens is 324 g/mol. The van der Waals surface area contributed by atoms with Crippen molar-refractivity contribution in [1.82, 2.24) is 0 Å². The first-order chi connectivity index (χ1) is 11.7. The van der Waals surface area contributed by atoms with Crippen LogP contribution in [0.5, 0.6) is 0 Å². The Morgan fingerprint density at radius 3 is 2.92 bits per heavy atom. The van der Waals surface area contributed by atoms with Crippen molar-refractivity contribution in [3.8, 4) is 0 Å². The summed E-state index contributed by atoms with van der Waals surface area (Å²) in [6.07, 6.45) is 2.38. The van der Waals surface area contributed by atoms with Gasteiger partial charge in [0.2, 0.25) is 0 Å². The highest BCUT2D eigenvalue weighted by molar-refractivity contribution is 5.85. The SMILES string of the molecule is C=C1C[C@]23C[C@@]1(O)CC[C@H]2[C@@]12CC4OC4[C@](C)(C(=O)O1)[C@H]2[C@@H]3C(=O)[O-]. The van der Waals surface area contributed by atoms with Crippen LogP contribution in [0.25, 0.3) is 0 Å². The van der Waals surface area contributed by atoms with E-state index in [9.17, 15) is 19.8 Å². The normalized spacial score (nSPS) is 62.9. The molecule has 4 bridgehead atoms. The fourth-order valence-electron chi connectivity index (χ4n) is 7.99. The predicted molar refractivity (Wildman–Crippen MR) is 80.7 cm³/mol. The second kappa shape index (κ2) is 3.67. The fraction of sp³-hybridized carbons (Fsp3) is 0.789. The van der Waals surface area contributed by atoms with Crippen LogP contribution in [-0.2, 0) is 19.1 Å². The van der Waals surface area contributed by atoms with Crippen molar-refractivity contribution in [1.29, 1.82) is 0 Å². The molecule has 4 saturated carbocycles. The molecule has 25 heavy (non-hydrogen) atoms. The van der Waals surface area contributed by atoms with E-state index in [1.165, 1.54) is 0 Å². The zero-order valence-electron chi connectivity index (χ0n) is 14.1. The van der Waals surface area contributed by atoms with Crippen molar-refractivity contribution in [2.75, 3.05) is 0 Å². The van der Waals surface area contributed by atoms with Crippen LogP contribution in [-0.4, -0.2) is 40.5 Å². The number of carboxylic acid groups (broad SMARTS) is 1. The summed E-state index contributed by atoms with van der Waals surface area (Å²) in [4.78, 5) is 25.2. The van der Waals surface area contributed by atoms with Crippen LogP contribution in [0.3, 0.4) is 0 Å². The van der Waals surface area contributed by atoms with Crippen molar-refractivity contribution in [3.63, 3.8) is 0 Å². The zero-order valence-corrected chi connectivity index (χ0v) is 14.1. The van der Waals surface area contributed by atoms with Crippen molar-refractivity contribution in [3.05, 3.63) is 12.2 Å². The molecule has 0 aromatic carbocycles. The third-order valence-electron chi connectivity index (χ3n) is 8.75. The van der Waals surface area contributed by atoms with Gasteiger partial charge < -0.3 is 24.5 Å². The Balaban J connectivity index is 1.61. The number of carboxylic acids is 1. The standard InChI is InChI=1S/C19H22O6/c1-8-5-17-7-18(8,23)4-3-10(17)19-6-9-13(24-9)16(2,15(22)25-19)12(19)11(17)14(20)21/h9-13,23H,1,3-7H2,2H3,(H,20,21)/p-1/t9?,10-,11-,12-,13?,16-,17+,18+,19-/m1/s1. The Labute approximate surface area is 145 Å². The molecule has 9 atom stereocenters. The molecule has 4 aliphatic carbocycles. The molecule has 0 aromatic rings. The summed E-state index contributed by atoms with van der Waals surface area (Å²) >= 11 is 0. The predicted octanol–water partition coefficient (Wildman–Crippen LogP) is -0.0672. The van der Waals surface area contributed by atoms with Gasteiger partial charge in [0.25, 0.3) is 0 Å². The molecule has 6 rings (SSSR count).